The Morgan fingerprint density at radius 2 is 1.77 bits per heavy atom. The molecule has 0 spiro atoms. The molecule has 10 heteroatoms. The Hall–Kier alpha value is -2.01. The average Bonchev–Trinajstić information content (AvgIpc) is 3.25. The molecular formula is C12H8N2O6S2. The molecule has 2 aromatic heterocycles. The van der Waals surface area contributed by atoms with Crippen molar-refractivity contribution in [3.8, 4) is 0 Å². The van der Waals surface area contributed by atoms with Crippen molar-refractivity contribution in [1.82, 2.24) is 9.97 Å². The van der Waals surface area contributed by atoms with Crippen LogP contribution in [0.25, 0.3) is 0 Å². The third kappa shape index (κ3) is 3.09. The first-order valence-corrected chi connectivity index (χ1v) is 7.67. The molecule has 114 valence electrons. The van der Waals surface area contributed by atoms with Crippen molar-refractivity contribution in [2.75, 3.05) is 13.2 Å². The Morgan fingerprint density at radius 1 is 1.14 bits per heavy atom. The first-order chi connectivity index (χ1) is 10.7. The van der Waals surface area contributed by atoms with Crippen LogP contribution < -0.4 is 0 Å². The van der Waals surface area contributed by atoms with Crippen molar-refractivity contribution in [3.63, 3.8) is 0 Å². The van der Waals surface area contributed by atoms with Crippen LogP contribution in [0.5, 0.6) is 0 Å². The molecule has 0 aliphatic carbocycles. The molecule has 0 bridgehead atoms. The second kappa shape index (κ2) is 6.40. The fourth-order valence-electron chi connectivity index (χ4n) is 1.61. The fourth-order valence-corrected chi connectivity index (χ4v) is 3.02. The molecule has 1 fully saturated rings. The van der Waals surface area contributed by atoms with Gasteiger partial charge in [0.2, 0.25) is 6.29 Å². The van der Waals surface area contributed by atoms with Crippen LogP contribution in [0.15, 0.2) is 12.4 Å². The Morgan fingerprint density at radius 3 is 2.41 bits per heavy atom. The third-order valence-electron chi connectivity index (χ3n) is 2.56. The summed E-state index contributed by atoms with van der Waals surface area (Å²) in [6, 6.07) is 0. The molecule has 0 radical (unpaired) electrons. The van der Waals surface area contributed by atoms with Gasteiger partial charge in [-0.25, -0.2) is 19.6 Å². The van der Waals surface area contributed by atoms with E-state index >= 15 is 0 Å². The molecule has 1 aliphatic heterocycles. The zero-order valence-electron chi connectivity index (χ0n) is 10.9. The monoisotopic (exact) mass is 340 g/mol. The number of aldehydes is 1. The molecule has 2 aromatic rings. The van der Waals surface area contributed by atoms with Crippen molar-refractivity contribution < 1.29 is 28.6 Å². The number of hydrogen-bond donors (Lipinski definition) is 0. The van der Waals surface area contributed by atoms with Crippen molar-refractivity contribution in [2.24, 2.45) is 0 Å². The molecular weight excluding hydrogens is 332 g/mol. The van der Waals surface area contributed by atoms with Crippen molar-refractivity contribution in [1.29, 1.82) is 0 Å². The van der Waals surface area contributed by atoms with Crippen LogP contribution in [-0.4, -0.2) is 41.4 Å². The summed E-state index contributed by atoms with van der Waals surface area (Å²) in [5.41, 5.74) is 0. The number of aromatic nitrogens is 2. The molecule has 0 saturated carbocycles. The average molecular weight is 340 g/mol. The highest BCUT2D eigenvalue weighted by Gasteiger charge is 2.25. The van der Waals surface area contributed by atoms with Crippen LogP contribution in [0.4, 0.5) is 0 Å². The number of rotatable bonds is 4. The smallest absolute Gasteiger partial charge is 0.357 e. The van der Waals surface area contributed by atoms with Crippen molar-refractivity contribution >= 4 is 40.9 Å². The van der Waals surface area contributed by atoms with Gasteiger partial charge in [-0.3, -0.25) is 4.79 Å². The maximum Gasteiger partial charge on any atom is 0.357 e. The zero-order chi connectivity index (χ0) is 15.5. The number of thiazole rings is 2. The Labute approximate surface area is 131 Å². The molecule has 3 rings (SSSR count). The lowest BCUT2D eigenvalue weighted by atomic mass is 10.5. The summed E-state index contributed by atoms with van der Waals surface area (Å²) in [4.78, 5) is 42.1. The highest BCUT2D eigenvalue weighted by atomic mass is 32.1. The quantitative estimate of drug-likeness (QED) is 0.468. The van der Waals surface area contributed by atoms with E-state index in [4.69, 9.17) is 14.2 Å². The lowest BCUT2D eigenvalue weighted by Crippen LogP contribution is -2.10. The molecule has 0 unspecified atom stereocenters. The van der Waals surface area contributed by atoms with Gasteiger partial charge in [0.05, 0.1) is 25.6 Å². The third-order valence-corrected chi connectivity index (χ3v) is 4.46. The summed E-state index contributed by atoms with van der Waals surface area (Å²) in [5.74, 6) is -1.69. The van der Waals surface area contributed by atoms with Crippen LogP contribution in [0.3, 0.4) is 0 Å². The number of hydrogen-bond acceptors (Lipinski definition) is 10. The summed E-state index contributed by atoms with van der Waals surface area (Å²) in [6.07, 6.45) is 2.41. The number of ether oxygens (including phenoxy) is 3. The highest BCUT2D eigenvalue weighted by molar-refractivity contribution is 7.15. The van der Waals surface area contributed by atoms with Crippen molar-refractivity contribution in [3.05, 3.63) is 32.2 Å². The normalized spacial score (nSPS) is 14.9. The number of esters is 2. The van der Waals surface area contributed by atoms with E-state index in [-0.39, 0.29) is 14.8 Å². The minimum absolute atomic E-state index is 0.0719. The lowest BCUT2D eigenvalue weighted by molar-refractivity contribution is -0.0442. The second-order valence-corrected chi connectivity index (χ2v) is 6.12. The Kier molecular flexibility index (Phi) is 4.34. The predicted molar refractivity (Wildman–Crippen MR) is 74.0 cm³/mol. The van der Waals surface area contributed by atoms with Crippen LogP contribution in [-0.2, 0) is 14.2 Å². The molecule has 3 heterocycles. The standard InChI is InChI=1S/C12H8N2O6S2/c15-5-8-13-3-6(21-8)10(16)20-11(17)7-4-14-9(22-7)12-18-1-2-19-12/h3-5,12H,1-2H2. The zero-order valence-corrected chi connectivity index (χ0v) is 12.5. The molecule has 8 nitrogen and oxygen atoms in total. The maximum atomic E-state index is 11.9. The molecule has 0 atom stereocenters. The lowest BCUT2D eigenvalue weighted by Gasteiger charge is -2.02. The van der Waals surface area contributed by atoms with Gasteiger partial charge in [-0.15, -0.1) is 22.7 Å². The largest absolute Gasteiger partial charge is 0.384 e. The molecule has 22 heavy (non-hydrogen) atoms. The van der Waals surface area contributed by atoms with Gasteiger partial charge in [-0.2, -0.15) is 0 Å². The van der Waals surface area contributed by atoms with E-state index in [0.717, 1.165) is 22.7 Å². The highest BCUT2D eigenvalue weighted by Crippen LogP contribution is 2.27. The summed E-state index contributed by atoms with van der Waals surface area (Å²) in [5, 5.41) is 0.618. The van der Waals surface area contributed by atoms with Gasteiger partial charge in [-0.1, -0.05) is 0 Å². The number of carbonyl (C=O) groups excluding carboxylic acids is 3. The molecule has 0 N–H and O–H groups in total. The van der Waals surface area contributed by atoms with Gasteiger partial charge in [0.25, 0.3) is 0 Å². The molecule has 1 saturated heterocycles. The molecule has 0 aromatic carbocycles. The van der Waals surface area contributed by atoms with Gasteiger partial charge in [0.1, 0.15) is 14.8 Å². The van der Waals surface area contributed by atoms with E-state index in [0.29, 0.717) is 24.5 Å². The summed E-state index contributed by atoms with van der Waals surface area (Å²) in [7, 11) is 0. The first-order valence-electron chi connectivity index (χ1n) is 6.04. The van der Waals surface area contributed by atoms with E-state index in [1.165, 1.54) is 12.4 Å². The molecule has 0 amide bonds. The van der Waals surface area contributed by atoms with Gasteiger partial charge < -0.3 is 14.2 Å². The van der Waals surface area contributed by atoms with Crippen LogP contribution >= 0.6 is 22.7 Å². The van der Waals surface area contributed by atoms with Crippen LogP contribution in [0, 0.1) is 0 Å². The minimum Gasteiger partial charge on any atom is -0.384 e. The second-order valence-electron chi connectivity index (χ2n) is 3.99. The van der Waals surface area contributed by atoms with E-state index in [9.17, 15) is 14.4 Å². The SMILES string of the molecule is O=Cc1ncc(C(=O)OC(=O)c2cnc(C3OCCO3)s2)s1. The fraction of sp³-hybridized carbons (Fsp3) is 0.250. The first kappa shape index (κ1) is 14.9. The summed E-state index contributed by atoms with van der Waals surface area (Å²) in [6.45, 7) is 0.930. The van der Waals surface area contributed by atoms with E-state index in [1.54, 1.807) is 0 Å². The summed E-state index contributed by atoms with van der Waals surface area (Å²) < 4.78 is 15.3. The topological polar surface area (TPSA) is 105 Å². The summed E-state index contributed by atoms with van der Waals surface area (Å²) >= 11 is 1.87. The van der Waals surface area contributed by atoms with E-state index in [2.05, 4.69) is 9.97 Å². The van der Waals surface area contributed by atoms with E-state index in [1.807, 2.05) is 0 Å². The number of nitrogens with zero attached hydrogens (tertiary/aromatic N) is 2. The maximum absolute atomic E-state index is 11.9. The Balaban J connectivity index is 1.66. The molecule has 1 aliphatic rings. The predicted octanol–water partition coefficient (Wildman–Crippen LogP) is 1.45. The Bertz CT molecular complexity index is 719. The van der Waals surface area contributed by atoms with Gasteiger partial charge in [0, 0.05) is 0 Å². The van der Waals surface area contributed by atoms with Crippen LogP contribution in [0.2, 0.25) is 0 Å². The minimum atomic E-state index is -0.862. The van der Waals surface area contributed by atoms with Crippen LogP contribution in [0.1, 0.15) is 40.4 Å². The van der Waals surface area contributed by atoms with Gasteiger partial charge in [0.15, 0.2) is 11.3 Å². The number of carbonyl (C=O) groups is 3. The van der Waals surface area contributed by atoms with E-state index < -0.39 is 18.2 Å². The van der Waals surface area contributed by atoms with Gasteiger partial charge in [-0.05, 0) is 0 Å². The van der Waals surface area contributed by atoms with Gasteiger partial charge >= 0.3 is 11.9 Å². The van der Waals surface area contributed by atoms with Crippen molar-refractivity contribution in [2.45, 2.75) is 6.29 Å².